The van der Waals surface area contributed by atoms with E-state index in [1.165, 1.54) is 0 Å². The molecule has 0 saturated heterocycles. The van der Waals surface area contributed by atoms with E-state index in [-0.39, 0.29) is 5.69 Å². The summed E-state index contributed by atoms with van der Waals surface area (Å²) in [4.78, 5) is 15.9. The number of nitrogens with zero attached hydrogens (tertiary/aromatic N) is 2. The van der Waals surface area contributed by atoms with E-state index >= 15 is 0 Å². The Hall–Kier alpha value is -3.74. The quantitative estimate of drug-likeness (QED) is 0.511. The van der Waals surface area contributed by atoms with Gasteiger partial charge >= 0.3 is 5.97 Å². The summed E-state index contributed by atoms with van der Waals surface area (Å²) in [6.07, 6.45) is 1.66. The molecule has 2 aromatic carbocycles. The molecule has 29 heavy (non-hydrogen) atoms. The van der Waals surface area contributed by atoms with E-state index in [0.29, 0.717) is 35.1 Å². The second-order valence-corrected chi connectivity index (χ2v) is 6.44. The van der Waals surface area contributed by atoms with Crippen molar-refractivity contribution in [3.05, 3.63) is 54.4 Å². The summed E-state index contributed by atoms with van der Waals surface area (Å²) in [5.41, 5.74) is 1.82. The number of hydrogen-bond donors (Lipinski definition) is 1. The van der Waals surface area contributed by atoms with Crippen LogP contribution in [-0.4, -0.2) is 34.8 Å². The maximum absolute atomic E-state index is 11.5. The van der Waals surface area contributed by atoms with E-state index in [1.54, 1.807) is 43.2 Å². The van der Waals surface area contributed by atoms with Gasteiger partial charge in [-0.3, -0.25) is 4.98 Å². The number of aromatic carboxylic acids is 1. The van der Waals surface area contributed by atoms with Crippen molar-refractivity contribution in [1.82, 2.24) is 9.55 Å². The number of carboxylic acid groups (broad SMARTS) is 1. The van der Waals surface area contributed by atoms with Gasteiger partial charge in [0, 0.05) is 35.1 Å². The monoisotopic (exact) mass is 392 g/mol. The number of pyridine rings is 1. The Labute approximate surface area is 167 Å². The number of carboxylic acids is 1. The van der Waals surface area contributed by atoms with Crippen LogP contribution in [0.15, 0.2) is 48.7 Å². The lowest BCUT2D eigenvalue weighted by Crippen LogP contribution is -2.06. The lowest BCUT2D eigenvalue weighted by atomic mass is 10.1. The van der Waals surface area contributed by atoms with Gasteiger partial charge in [0.25, 0.3) is 0 Å². The maximum Gasteiger partial charge on any atom is 0.352 e. The first-order valence-corrected chi connectivity index (χ1v) is 9.11. The number of aromatic nitrogens is 2. The van der Waals surface area contributed by atoms with Crippen LogP contribution in [0.4, 0.5) is 0 Å². The Bertz CT molecular complexity index is 1230. The first kappa shape index (κ1) is 18.6. The normalized spacial score (nSPS) is 11.0. The number of rotatable bonds is 6. The highest BCUT2D eigenvalue weighted by atomic mass is 16.5. The molecule has 0 aliphatic carbocycles. The third-order valence-electron chi connectivity index (χ3n) is 4.84. The van der Waals surface area contributed by atoms with E-state index in [1.807, 2.05) is 31.2 Å². The Balaban J connectivity index is 1.78. The SMILES string of the molecule is CCn1c(C(=O)O)cc2cc(Oc3ccnc4cc(OC)c(OC)cc34)ccc21. The number of methoxy groups -OCH3 is 2. The van der Waals surface area contributed by atoms with Gasteiger partial charge in [-0.05, 0) is 43.3 Å². The minimum Gasteiger partial charge on any atom is -0.493 e. The molecule has 0 atom stereocenters. The highest BCUT2D eigenvalue weighted by molar-refractivity contribution is 5.95. The zero-order chi connectivity index (χ0) is 20.5. The van der Waals surface area contributed by atoms with E-state index in [0.717, 1.165) is 16.3 Å². The molecule has 1 N–H and O–H groups in total. The lowest BCUT2D eigenvalue weighted by Gasteiger charge is -2.12. The number of benzene rings is 2. The summed E-state index contributed by atoms with van der Waals surface area (Å²) < 4.78 is 18.6. The minimum atomic E-state index is -0.952. The Morgan fingerprint density at radius 2 is 1.79 bits per heavy atom. The first-order valence-electron chi connectivity index (χ1n) is 9.11. The van der Waals surface area contributed by atoms with Crippen LogP contribution < -0.4 is 14.2 Å². The summed E-state index contributed by atoms with van der Waals surface area (Å²) in [5.74, 6) is 1.44. The molecule has 7 nitrogen and oxygen atoms in total. The fraction of sp³-hybridized carbons (Fsp3) is 0.182. The van der Waals surface area contributed by atoms with Crippen LogP contribution in [0.2, 0.25) is 0 Å². The van der Waals surface area contributed by atoms with Crippen molar-refractivity contribution in [3.63, 3.8) is 0 Å². The largest absolute Gasteiger partial charge is 0.493 e. The molecule has 0 saturated carbocycles. The topological polar surface area (TPSA) is 82.8 Å². The number of ether oxygens (including phenoxy) is 3. The first-order chi connectivity index (χ1) is 14.0. The smallest absolute Gasteiger partial charge is 0.352 e. The molecule has 148 valence electrons. The molecule has 0 fully saturated rings. The van der Waals surface area contributed by atoms with Gasteiger partial charge < -0.3 is 23.9 Å². The van der Waals surface area contributed by atoms with Crippen LogP contribution in [0.5, 0.6) is 23.0 Å². The van der Waals surface area contributed by atoms with E-state index in [2.05, 4.69) is 4.98 Å². The summed E-state index contributed by atoms with van der Waals surface area (Å²) in [7, 11) is 3.15. The van der Waals surface area contributed by atoms with Crippen LogP contribution >= 0.6 is 0 Å². The average molecular weight is 392 g/mol. The zero-order valence-electron chi connectivity index (χ0n) is 16.3. The average Bonchev–Trinajstić information content (AvgIpc) is 3.11. The highest BCUT2D eigenvalue weighted by Crippen LogP contribution is 2.37. The van der Waals surface area contributed by atoms with Gasteiger partial charge in [0.15, 0.2) is 11.5 Å². The van der Waals surface area contributed by atoms with Gasteiger partial charge in [0.05, 0.1) is 19.7 Å². The summed E-state index contributed by atoms with van der Waals surface area (Å²) >= 11 is 0. The third kappa shape index (κ3) is 3.20. The predicted octanol–water partition coefficient (Wildman–Crippen LogP) is 4.72. The molecule has 0 bridgehead atoms. The molecule has 4 aromatic rings. The van der Waals surface area contributed by atoms with Gasteiger partial charge in [-0.15, -0.1) is 0 Å². The third-order valence-corrected chi connectivity index (χ3v) is 4.84. The van der Waals surface area contributed by atoms with Crippen LogP contribution in [0.3, 0.4) is 0 Å². The van der Waals surface area contributed by atoms with Crippen LogP contribution in [0.25, 0.3) is 21.8 Å². The molecule has 0 amide bonds. The van der Waals surface area contributed by atoms with Gasteiger partial charge in [-0.25, -0.2) is 4.79 Å². The summed E-state index contributed by atoms with van der Waals surface area (Å²) in [6, 6.07) is 12.6. The standard InChI is InChI=1S/C22H20N2O5/c1-4-24-17-6-5-14(9-13(17)10-18(24)22(25)26)29-19-7-8-23-16-12-21(28-3)20(27-2)11-15(16)19/h5-12H,4H2,1-3H3,(H,25,26). The fourth-order valence-electron chi connectivity index (χ4n) is 3.49. The number of aryl methyl sites for hydroxylation is 1. The van der Waals surface area contributed by atoms with Crippen molar-refractivity contribution in [2.24, 2.45) is 0 Å². The molecule has 0 aliphatic heterocycles. The number of hydrogen-bond acceptors (Lipinski definition) is 5. The minimum absolute atomic E-state index is 0.255. The van der Waals surface area contributed by atoms with Crippen LogP contribution in [0.1, 0.15) is 17.4 Å². The Kier molecular flexibility index (Phi) is 4.72. The van der Waals surface area contributed by atoms with Gasteiger partial charge in [0.1, 0.15) is 17.2 Å². The van der Waals surface area contributed by atoms with Crippen molar-refractivity contribution in [3.8, 4) is 23.0 Å². The molecule has 0 unspecified atom stereocenters. The van der Waals surface area contributed by atoms with Crippen molar-refractivity contribution < 1.29 is 24.1 Å². The molecule has 2 aromatic heterocycles. The van der Waals surface area contributed by atoms with Crippen LogP contribution in [0, 0.1) is 0 Å². The van der Waals surface area contributed by atoms with Gasteiger partial charge in [-0.2, -0.15) is 0 Å². The van der Waals surface area contributed by atoms with E-state index in [9.17, 15) is 9.90 Å². The van der Waals surface area contributed by atoms with Gasteiger partial charge in [-0.1, -0.05) is 0 Å². The maximum atomic E-state index is 11.5. The second kappa shape index (κ2) is 7.35. The lowest BCUT2D eigenvalue weighted by molar-refractivity contribution is 0.0686. The summed E-state index contributed by atoms with van der Waals surface area (Å²) in [6.45, 7) is 2.49. The zero-order valence-corrected chi connectivity index (χ0v) is 16.3. The van der Waals surface area contributed by atoms with Crippen molar-refractivity contribution in [2.75, 3.05) is 14.2 Å². The molecular formula is C22H20N2O5. The predicted molar refractivity (Wildman–Crippen MR) is 109 cm³/mol. The van der Waals surface area contributed by atoms with Crippen molar-refractivity contribution in [2.45, 2.75) is 13.5 Å². The second-order valence-electron chi connectivity index (χ2n) is 6.44. The van der Waals surface area contributed by atoms with Gasteiger partial charge in [0.2, 0.25) is 0 Å². The molecule has 7 heteroatoms. The van der Waals surface area contributed by atoms with Crippen molar-refractivity contribution in [1.29, 1.82) is 0 Å². The molecule has 0 radical (unpaired) electrons. The Morgan fingerprint density at radius 1 is 1.03 bits per heavy atom. The van der Waals surface area contributed by atoms with Crippen LogP contribution in [-0.2, 0) is 6.54 Å². The fourth-order valence-corrected chi connectivity index (χ4v) is 3.49. The molecule has 4 rings (SSSR count). The summed E-state index contributed by atoms with van der Waals surface area (Å²) in [5, 5.41) is 11.0. The molecule has 0 aliphatic rings. The number of fused-ring (bicyclic) bond motifs is 2. The van der Waals surface area contributed by atoms with Crippen molar-refractivity contribution >= 4 is 27.8 Å². The number of carbonyl (C=O) groups is 1. The molecular weight excluding hydrogens is 372 g/mol. The van der Waals surface area contributed by atoms with E-state index in [4.69, 9.17) is 14.2 Å². The molecule has 0 spiro atoms. The van der Waals surface area contributed by atoms with E-state index < -0.39 is 5.97 Å². The Morgan fingerprint density at radius 3 is 2.48 bits per heavy atom. The highest BCUT2D eigenvalue weighted by Gasteiger charge is 2.15. The molecule has 2 heterocycles.